The molecule has 0 aliphatic rings. The first-order valence-electron chi connectivity index (χ1n) is 7.51. The van der Waals surface area contributed by atoms with Gasteiger partial charge in [0.2, 0.25) is 0 Å². The summed E-state index contributed by atoms with van der Waals surface area (Å²) in [6.45, 7) is 1.23. The van der Waals surface area contributed by atoms with Crippen LogP contribution in [0.3, 0.4) is 0 Å². The second kappa shape index (κ2) is 7.31. The molecule has 1 heterocycles. The number of nitrogens with one attached hydrogen (secondary N) is 1. The Morgan fingerprint density at radius 1 is 0.913 bits per heavy atom. The maximum absolute atomic E-state index is 5.84. The highest BCUT2D eigenvalue weighted by Gasteiger charge is 1.99. The Bertz CT molecular complexity index is 742. The monoisotopic (exact) mass is 305 g/mol. The SMILES string of the molecule is Nc1ccc(COc2cccc(CNc3ccccn3)c2)cc1. The maximum Gasteiger partial charge on any atom is 0.126 e. The minimum absolute atomic E-state index is 0.525. The minimum atomic E-state index is 0.525. The number of nitrogens with zero attached hydrogens (tertiary/aromatic N) is 1. The Morgan fingerprint density at radius 2 is 1.78 bits per heavy atom. The van der Waals surface area contributed by atoms with Gasteiger partial charge in [0.15, 0.2) is 0 Å². The third-order valence-corrected chi connectivity index (χ3v) is 3.42. The molecule has 0 aliphatic carbocycles. The first kappa shape index (κ1) is 14.9. The van der Waals surface area contributed by atoms with Gasteiger partial charge >= 0.3 is 0 Å². The Hall–Kier alpha value is -3.01. The first-order chi connectivity index (χ1) is 11.3. The predicted molar refractivity (Wildman–Crippen MR) is 93.2 cm³/mol. The Morgan fingerprint density at radius 3 is 2.57 bits per heavy atom. The molecule has 3 aromatic rings. The molecule has 0 saturated carbocycles. The number of hydrogen-bond acceptors (Lipinski definition) is 4. The standard InChI is InChI=1S/C19H19N3O/c20-17-9-7-15(8-10-17)14-23-18-5-3-4-16(12-18)13-22-19-6-1-2-11-21-19/h1-12H,13-14,20H2,(H,21,22). The van der Waals surface area contributed by atoms with E-state index >= 15 is 0 Å². The summed E-state index contributed by atoms with van der Waals surface area (Å²) < 4.78 is 5.84. The van der Waals surface area contributed by atoms with Crippen LogP contribution in [0.25, 0.3) is 0 Å². The summed E-state index contributed by atoms with van der Waals surface area (Å²) in [6, 6.07) is 21.6. The van der Waals surface area contributed by atoms with Gasteiger partial charge in [-0.2, -0.15) is 0 Å². The van der Waals surface area contributed by atoms with E-state index in [2.05, 4.69) is 16.4 Å². The van der Waals surface area contributed by atoms with E-state index in [1.807, 2.05) is 60.7 Å². The lowest BCUT2D eigenvalue weighted by molar-refractivity contribution is 0.306. The molecule has 3 N–H and O–H groups in total. The number of aromatic nitrogens is 1. The van der Waals surface area contributed by atoms with Gasteiger partial charge in [-0.3, -0.25) is 0 Å². The van der Waals surface area contributed by atoms with Crippen molar-refractivity contribution in [1.82, 2.24) is 4.98 Å². The van der Waals surface area contributed by atoms with Gasteiger partial charge in [0.25, 0.3) is 0 Å². The van der Waals surface area contributed by atoms with Crippen LogP contribution < -0.4 is 15.8 Å². The fraction of sp³-hybridized carbons (Fsp3) is 0.105. The van der Waals surface area contributed by atoms with Crippen molar-refractivity contribution in [1.29, 1.82) is 0 Å². The molecule has 0 saturated heterocycles. The second-order valence-corrected chi connectivity index (χ2v) is 5.25. The van der Waals surface area contributed by atoms with Crippen LogP contribution in [0.5, 0.6) is 5.75 Å². The summed E-state index contributed by atoms with van der Waals surface area (Å²) in [5.41, 5.74) is 8.68. The van der Waals surface area contributed by atoms with Gasteiger partial charge in [0.05, 0.1) is 0 Å². The average Bonchev–Trinajstić information content (AvgIpc) is 2.61. The number of benzene rings is 2. The zero-order valence-electron chi connectivity index (χ0n) is 12.8. The molecule has 0 aliphatic heterocycles. The highest BCUT2D eigenvalue weighted by Crippen LogP contribution is 2.16. The van der Waals surface area contributed by atoms with Crippen molar-refractivity contribution in [2.45, 2.75) is 13.2 Å². The Labute approximate surface area is 135 Å². The molecule has 1 aromatic heterocycles. The van der Waals surface area contributed by atoms with Crippen molar-refractivity contribution in [3.05, 3.63) is 84.1 Å². The van der Waals surface area contributed by atoms with Crippen LogP contribution in [0, 0.1) is 0 Å². The lowest BCUT2D eigenvalue weighted by Crippen LogP contribution is -2.01. The predicted octanol–water partition coefficient (Wildman–Crippen LogP) is 3.85. The molecule has 0 radical (unpaired) electrons. The first-order valence-corrected chi connectivity index (χ1v) is 7.51. The topological polar surface area (TPSA) is 60.2 Å². The van der Waals surface area contributed by atoms with Crippen molar-refractivity contribution in [2.75, 3.05) is 11.1 Å². The molecule has 2 aromatic carbocycles. The fourth-order valence-electron chi connectivity index (χ4n) is 2.19. The summed E-state index contributed by atoms with van der Waals surface area (Å²) in [6.07, 6.45) is 1.77. The Balaban J connectivity index is 1.57. The third-order valence-electron chi connectivity index (χ3n) is 3.42. The number of ether oxygens (including phenoxy) is 1. The molecule has 3 rings (SSSR count). The van der Waals surface area contributed by atoms with E-state index in [9.17, 15) is 0 Å². The average molecular weight is 305 g/mol. The highest BCUT2D eigenvalue weighted by molar-refractivity contribution is 5.39. The summed E-state index contributed by atoms with van der Waals surface area (Å²) in [5.74, 6) is 1.71. The molecule has 4 heteroatoms. The third kappa shape index (κ3) is 4.48. The van der Waals surface area contributed by atoms with Crippen LogP contribution in [0.4, 0.5) is 11.5 Å². The number of nitrogens with two attached hydrogens (primary N) is 1. The number of pyridine rings is 1. The molecular formula is C19H19N3O. The van der Waals surface area contributed by atoms with E-state index in [1.165, 1.54) is 0 Å². The summed E-state index contributed by atoms with van der Waals surface area (Å²) in [7, 11) is 0. The van der Waals surface area contributed by atoms with Gasteiger partial charge < -0.3 is 15.8 Å². The van der Waals surface area contributed by atoms with Crippen LogP contribution >= 0.6 is 0 Å². The number of nitrogen functional groups attached to an aromatic ring is 1. The minimum Gasteiger partial charge on any atom is -0.489 e. The molecule has 0 atom stereocenters. The van der Waals surface area contributed by atoms with Gasteiger partial charge in [0, 0.05) is 18.4 Å². The van der Waals surface area contributed by atoms with E-state index in [-0.39, 0.29) is 0 Å². The molecule has 0 bridgehead atoms. The van der Waals surface area contributed by atoms with Crippen molar-refractivity contribution >= 4 is 11.5 Å². The molecule has 4 nitrogen and oxygen atoms in total. The highest BCUT2D eigenvalue weighted by atomic mass is 16.5. The number of anilines is 2. The van der Waals surface area contributed by atoms with Gasteiger partial charge in [-0.15, -0.1) is 0 Å². The zero-order valence-corrected chi connectivity index (χ0v) is 12.8. The smallest absolute Gasteiger partial charge is 0.126 e. The second-order valence-electron chi connectivity index (χ2n) is 5.25. The Kier molecular flexibility index (Phi) is 4.74. The van der Waals surface area contributed by atoms with Gasteiger partial charge in [-0.25, -0.2) is 4.98 Å². The van der Waals surface area contributed by atoms with E-state index in [4.69, 9.17) is 10.5 Å². The van der Waals surface area contributed by atoms with E-state index in [1.54, 1.807) is 6.20 Å². The maximum atomic E-state index is 5.84. The lowest BCUT2D eigenvalue weighted by atomic mass is 10.2. The summed E-state index contributed by atoms with van der Waals surface area (Å²) in [5, 5.41) is 3.29. The van der Waals surface area contributed by atoms with Crippen LogP contribution in [0.2, 0.25) is 0 Å². The molecule has 0 unspecified atom stereocenters. The normalized spacial score (nSPS) is 10.3. The zero-order chi connectivity index (χ0) is 15.9. The summed E-state index contributed by atoms with van der Waals surface area (Å²) >= 11 is 0. The van der Waals surface area contributed by atoms with E-state index in [0.717, 1.165) is 28.4 Å². The van der Waals surface area contributed by atoms with Crippen molar-refractivity contribution in [2.24, 2.45) is 0 Å². The van der Waals surface area contributed by atoms with E-state index in [0.29, 0.717) is 13.2 Å². The number of hydrogen-bond donors (Lipinski definition) is 2. The quantitative estimate of drug-likeness (QED) is 0.679. The van der Waals surface area contributed by atoms with E-state index < -0.39 is 0 Å². The lowest BCUT2D eigenvalue weighted by Gasteiger charge is -2.09. The molecule has 0 spiro atoms. The van der Waals surface area contributed by atoms with Crippen molar-refractivity contribution in [3.63, 3.8) is 0 Å². The summed E-state index contributed by atoms with van der Waals surface area (Å²) in [4.78, 5) is 4.25. The molecule has 23 heavy (non-hydrogen) atoms. The van der Waals surface area contributed by atoms with Crippen LogP contribution in [0.15, 0.2) is 72.9 Å². The van der Waals surface area contributed by atoms with Gasteiger partial charge in [-0.05, 0) is 47.5 Å². The van der Waals surface area contributed by atoms with Crippen molar-refractivity contribution < 1.29 is 4.74 Å². The molecular weight excluding hydrogens is 286 g/mol. The van der Waals surface area contributed by atoms with Crippen molar-refractivity contribution in [3.8, 4) is 5.75 Å². The van der Waals surface area contributed by atoms with Crippen LogP contribution in [-0.2, 0) is 13.2 Å². The van der Waals surface area contributed by atoms with Gasteiger partial charge in [-0.1, -0.05) is 30.3 Å². The molecule has 0 amide bonds. The fourth-order valence-corrected chi connectivity index (χ4v) is 2.19. The van der Waals surface area contributed by atoms with Crippen LogP contribution in [0.1, 0.15) is 11.1 Å². The molecule has 116 valence electrons. The van der Waals surface area contributed by atoms with Crippen LogP contribution in [-0.4, -0.2) is 4.98 Å². The molecule has 0 fully saturated rings. The number of rotatable bonds is 6. The van der Waals surface area contributed by atoms with Gasteiger partial charge in [0.1, 0.15) is 18.2 Å². The largest absolute Gasteiger partial charge is 0.489 e.